The lowest BCUT2D eigenvalue weighted by molar-refractivity contribution is -0.899. The van der Waals surface area contributed by atoms with Crippen LogP contribution >= 0.6 is 0 Å². The topological polar surface area (TPSA) is 46.1 Å². The highest BCUT2D eigenvalue weighted by molar-refractivity contribution is 5.23. The standard InChI is InChI=1S/C13H17N2O2/c1-16-12-2-4-13(5-3-12)17-15-8-6-11(10-14)7-9-15/h6-9,12-13H,2-5H2,1H3/q+1. The minimum absolute atomic E-state index is 0.249. The van der Waals surface area contributed by atoms with Crippen molar-refractivity contribution in [2.24, 2.45) is 0 Å². The van der Waals surface area contributed by atoms with Crippen molar-refractivity contribution >= 4 is 0 Å². The number of hydrogen-bond donors (Lipinski definition) is 0. The largest absolute Gasteiger partial charge is 0.381 e. The monoisotopic (exact) mass is 233 g/mol. The molecule has 0 aromatic carbocycles. The van der Waals surface area contributed by atoms with Gasteiger partial charge in [-0.2, -0.15) is 5.26 Å². The zero-order valence-electron chi connectivity index (χ0n) is 10.0. The fraction of sp³-hybridized carbons (Fsp3) is 0.538. The van der Waals surface area contributed by atoms with Gasteiger partial charge in [-0.3, -0.25) is 4.84 Å². The highest BCUT2D eigenvalue weighted by Crippen LogP contribution is 2.20. The molecule has 0 saturated heterocycles. The predicted octanol–water partition coefficient (Wildman–Crippen LogP) is 1.23. The summed E-state index contributed by atoms with van der Waals surface area (Å²) in [5.74, 6) is 0. The van der Waals surface area contributed by atoms with E-state index in [-0.39, 0.29) is 6.10 Å². The first kappa shape index (κ1) is 11.9. The van der Waals surface area contributed by atoms with Crippen molar-refractivity contribution in [1.29, 1.82) is 5.26 Å². The molecule has 17 heavy (non-hydrogen) atoms. The Morgan fingerprint density at radius 3 is 2.29 bits per heavy atom. The van der Waals surface area contributed by atoms with Gasteiger partial charge in [0, 0.05) is 24.0 Å². The van der Waals surface area contributed by atoms with Crippen LogP contribution in [-0.4, -0.2) is 19.3 Å². The lowest BCUT2D eigenvalue weighted by Crippen LogP contribution is -2.48. The summed E-state index contributed by atoms with van der Waals surface area (Å²) in [5, 5.41) is 8.69. The number of ether oxygens (including phenoxy) is 1. The van der Waals surface area contributed by atoms with E-state index in [2.05, 4.69) is 6.07 Å². The molecule has 90 valence electrons. The molecule has 0 atom stereocenters. The Morgan fingerprint density at radius 1 is 1.18 bits per heavy atom. The maximum atomic E-state index is 8.69. The molecule has 1 aromatic heterocycles. The van der Waals surface area contributed by atoms with Crippen LogP contribution in [0.15, 0.2) is 24.5 Å². The van der Waals surface area contributed by atoms with Gasteiger partial charge in [0.25, 0.3) is 0 Å². The van der Waals surface area contributed by atoms with Crippen LogP contribution in [0.2, 0.25) is 0 Å². The summed E-state index contributed by atoms with van der Waals surface area (Å²) >= 11 is 0. The van der Waals surface area contributed by atoms with Crippen LogP contribution in [0.5, 0.6) is 0 Å². The molecule has 0 aliphatic heterocycles. The Hall–Kier alpha value is -1.60. The molecule has 0 unspecified atom stereocenters. The first-order valence-corrected chi connectivity index (χ1v) is 5.93. The average molecular weight is 233 g/mol. The molecular weight excluding hydrogens is 216 g/mol. The van der Waals surface area contributed by atoms with Crippen molar-refractivity contribution in [2.45, 2.75) is 37.9 Å². The van der Waals surface area contributed by atoms with Crippen LogP contribution < -0.4 is 9.57 Å². The summed E-state index contributed by atoms with van der Waals surface area (Å²) < 4.78 is 7.00. The van der Waals surface area contributed by atoms with E-state index in [9.17, 15) is 0 Å². The minimum atomic E-state index is 0.249. The Balaban J connectivity index is 1.87. The van der Waals surface area contributed by atoms with Crippen LogP contribution in [0, 0.1) is 11.3 Å². The van der Waals surface area contributed by atoms with Crippen LogP contribution in [0.4, 0.5) is 0 Å². The van der Waals surface area contributed by atoms with E-state index in [0.717, 1.165) is 25.7 Å². The van der Waals surface area contributed by atoms with Gasteiger partial charge in [0.2, 0.25) is 12.4 Å². The summed E-state index contributed by atoms with van der Waals surface area (Å²) in [7, 11) is 1.77. The van der Waals surface area contributed by atoms with Crippen molar-refractivity contribution < 1.29 is 14.3 Å². The molecule has 4 nitrogen and oxygen atoms in total. The van der Waals surface area contributed by atoms with Crippen molar-refractivity contribution in [2.75, 3.05) is 7.11 Å². The molecule has 0 radical (unpaired) electrons. The highest BCUT2D eigenvalue weighted by Gasteiger charge is 2.24. The number of hydrogen-bond acceptors (Lipinski definition) is 3. The second-order valence-corrected chi connectivity index (χ2v) is 4.30. The summed E-state index contributed by atoms with van der Waals surface area (Å²) in [6.07, 6.45) is 8.34. The number of nitriles is 1. The van der Waals surface area contributed by atoms with Crippen LogP contribution in [0.1, 0.15) is 31.2 Å². The van der Waals surface area contributed by atoms with Crippen molar-refractivity contribution in [1.82, 2.24) is 0 Å². The maximum absolute atomic E-state index is 8.69. The van der Waals surface area contributed by atoms with Gasteiger partial charge < -0.3 is 4.74 Å². The number of methoxy groups -OCH3 is 1. The Bertz CT molecular complexity index is 389. The molecule has 1 fully saturated rings. The van der Waals surface area contributed by atoms with E-state index in [4.69, 9.17) is 14.8 Å². The van der Waals surface area contributed by atoms with E-state index in [1.54, 1.807) is 36.4 Å². The van der Waals surface area contributed by atoms with Crippen LogP contribution in [0.3, 0.4) is 0 Å². The van der Waals surface area contributed by atoms with E-state index in [1.807, 2.05) is 0 Å². The molecule has 0 N–H and O–H groups in total. The second kappa shape index (κ2) is 5.65. The minimum Gasteiger partial charge on any atom is -0.381 e. The van der Waals surface area contributed by atoms with Gasteiger partial charge in [-0.25, -0.2) is 0 Å². The molecule has 1 aliphatic rings. The van der Waals surface area contributed by atoms with E-state index in [0.29, 0.717) is 11.7 Å². The van der Waals surface area contributed by atoms with Gasteiger partial charge >= 0.3 is 0 Å². The number of aromatic nitrogens is 1. The van der Waals surface area contributed by atoms with E-state index >= 15 is 0 Å². The predicted molar refractivity (Wildman–Crippen MR) is 61.0 cm³/mol. The smallest absolute Gasteiger partial charge is 0.223 e. The van der Waals surface area contributed by atoms with Crippen molar-refractivity contribution in [3.8, 4) is 6.07 Å². The first-order valence-electron chi connectivity index (χ1n) is 5.93. The molecule has 0 amide bonds. The van der Waals surface area contributed by atoms with Gasteiger partial charge in [-0.15, -0.1) is 0 Å². The zero-order valence-corrected chi connectivity index (χ0v) is 10.0. The Kier molecular flexibility index (Phi) is 3.94. The van der Waals surface area contributed by atoms with Gasteiger partial charge in [0.1, 0.15) is 0 Å². The summed E-state index contributed by atoms with van der Waals surface area (Å²) in [5.41, 5.74) is 0.646. The average Bonchev–Trinajstić information content (AvgIpc) is 2.40. The lowest BCUT2D eigenvalue weighted by Gasteiger charge is -2.24. The summed E-state index contributed by atoms with van der Waals surface area (Å²) in [6, 6.07) is 5.59. The zero-order chi connectivity index (χ0) is 12.1. The van der Waals surface area contributed by atoms with Gasteiger partial charge in [-0.1, -0.05) is 0 Å². The fourth-order valence-electron chi connectivity index (χ4n) is 2.10. The quantitative estimate of drug-likeness (QED) is 0.738. The Labute approximate surface area is 101 Å². The number of pyridine rings is 1. The lowest BCUT2D eigenvalue weighted by atomic mass is 9.95. The molecule has 4 heteroatoms. The van der Waals surface area contributed by atoms with Crippen LogP contribution in [-0.2, 0) is 4.74 Å². The molecule has 0 bridgehead atoms. The van der Waals surface area contributed by atoms with Crippen molar-refractivity contribution in [3.63, 3.8) is 0 Å². The molecular formula is C13H17N2O2+. The van der Waals surface area contributed by atoms with Gasteiger partial charge in [0.15, 0.2) is 6.10 Å². The molecule has 1 saturated carbocycles. The molecule has 0 spiro atoms. The molecule has 1 heterocycles. The SMILES string of the molecule is COC1CCC(O[n+]2ccc(C#N)cc2)CC1. The van der Waals surface area contributed by atoms with E-state index in [1.165, 1.54) is 0 Å². The molecule has 1 aromatic rings. The summed E-state index contributed by atoms with van der Waals surface area (Å²) in [6.45, 7) is 0. The van der Waals surface area contributed by atoms with Crippen molar-refractivity contribution in [3.05, 3.63) is 30.1 Å². The second-order valence-electron chi connectivity index (χ2n) is 4.30. The van der Waals surface area contributed by atoms with Gasteiger partial charge in [0.05, 0.1) is 17.7 Å². The number of rotatable bonds is 3. The highest BCUT2D eigenvalue weighted by atomic mass is 16.7. The first-order chi connectivity index (χ1) is 8.31. The summed E-state index contributed by atoms with van der Waals surface area (Å²) in [4.78, 5) is 5.80. The number of nitrogens with zero attached hydrogens (tertiary/aromatic N) is 2. The molecule has 1 aliphatic carbocycles. The van der Waals surface area contributed by atoms with E-state index < -0.39 is 0 Å². The van der Waals surface area contributed by atoms with Crippen LogP contribution in [0.25, 0.3) is 0 Å². The fourth-order valence-corrected chi connectivity index (χ4v) is 2.10. The Morgan fingerprint density at radius 2 is 1.76 bits per heavy atom. The maximum Gasteiger partial charge on any atom is 0.223 e. The normalized spacial score (nSPS) is 24.0. The third-order valence-electron chi connectivity index (χ3n) is 3.16. The third kappa shape index (κ3) is 3.18. The molecule has 2 rings (SSSR count). The van der Waals surface area contributed by atoms with Gasteiger partial charge in [-0.05, 0) is 25.7 Å². The third-order valence-corrected chi connectivity index (χ3v) is 3.16.